The fourth-order valence-electron chi connectivity index (χ4n) is 3.99. The average molecular weight is 422 g/mol. The predicted molar refractivity (Wildman–Crippen MR) is 123 cm³/mol. The third kappa shape index (κ3) is 2.37. The number of imidazole rings is 1. The van der Waals surface area contributed by atoms with Crippen LogP contribution >= 0.6 is 11.3 Å². The number of nitrogens with zero attached hydrogens (tertiary/aromatic N) is 6. The number of pyridine rings is 3. The van der Waals surface area contributed by atoms with Gasteiger partial charge in [0, 0.05) is 30.4 Å². The van der Waals surface area contributed by atoms with Gasteiger partial charge in [-0.1, -0.05) is 0 Å². The second-order valence-electron chi connectivity index (χ2n) is 7.44. The van der Waals surface area contributed by atoms with Crippen LogP contribution in [0.25, 0.3) is 64.9 Å². The normalized spacial score (nSPS) is 12.0. The maximum Gasteiger partial charge on any atom is 0.179 e. The lowest BCUT2D eigenvalue weighted by Crippen LogP contribution is -1.90. The molecule has 8 nitrogen and oxygen atoms in total. The Balaban J connectivity index is 1.77. The number of hydrogen-bond acceptors (Lipinski definition) is 6. The number of hydrogen-bond donors (Lipinski definition) is 2. The Labute approximate surface area is 178 Å². The van der Waals surface area contributed by atoms with Crippen molar-refractivity contribution in [1.29, 1.82) is 0 Å². The van der Waals surface area contributed by atoms with E-state index in [4.69, 9.17) is 9.97 Å². The zero-order valence-corrected chi connectivity index (χ0v) is 17.1. The second-order valence-corrected chi connectivity index (χ2v) is 8.51. The van der Waals surface area contributed by atoms with E-state index in [1.165, 1.54) is 0 Å². The molecular formula is C22H14N8S. The van der Waals surface area contributed by atoms with E-state index < -0.39 is 0 Å². The smallest absolute Gasteiger partial charge is 0.179 e. The van der Waals surface area contributed by atoms with Crippen LogP contribution in [0.15, 0.2) is 55.1 Å². The van der Waals surface area contributed by atoms with Crippen molar-refractivity contribution in [3.05, 3.63) is 55.1 Å². The summed E-state index contributed by atoms with van der Waals surface area (Å²) < 4.78 is 3.17. The van der Waals surface area contributed by atoms with E-state index >= 15 is 0 Å². The topological polar surface area (TPSA) is 101 Å². The first-order valence-electron chi connectivity index (χ1n) is 9.73. The fourth-order valence-corrected chi connectivity index (χ4v) is 4.97. The molecule has 148 valence electrons. The molecule has 0 amide bonds. The van der Waals surface area contributed by atoms with Gasteiger partial charge < -0.3 is 4.57 Å². The van der Waals surface area contributed by atoms with Crippen LogP contribution in [0.4, 0.5) is 0 Å². The fraction of sp³-hybridized carbons (Fsp3) is 0.0455. The monoisotopic (exact) mass is 422 g/mol. The summed E-state index contributed by atoms with van der Waals surface area (Å²) in [5, 5.41) is 7.34. The van der Waals surface area contributed by atoms with Crippen LogP contribution in [0.3, 0.4) is 0 Å². The number of rotatable bonds is 0. The van der Waals surface area contributed by atoms with Gasteiger partial charge in [-0.3, -0.25) is 25.1 Å². The summed E-state index contributed by atoms with van der Waals surface area (Å²) in [5.41, 5.74) is 7.59. The lowest BCUT2D eigenvalue weighted by molar-refractivity contribution is 1.00. The predicted octanol–water partition coefficient (Wildman–Crippen LogP) is 4.71. The second kappa shape index (κ2) is 5.96. The highest BCUT2D eigenvalue weighted by molar-refractivity contribution is 7.23. The molecule has 7 rings (SSSR count). The number of fused-ring (bicyclic) bond motifs is 9. The molecule has 2 N–H and O–H groups in total. The van der Waals surface area contributed by atoms with Crippen molar-refractivity contribution in [1.82, 2.24) is 39.7 Å². The average Bonchev–Trinajstić information content (AvgIpc) is 3.54. The van der Waals surface area contributed by atoms with Gasteiger partial charge >= 0.3 is 0 Å². The number of aromatic amines is 2. The SMILES string of the molecule is Cn1c2cncc(c2)c2cc3c(cn2)[nH][nH]c-3c2nc3ccnc(c4ccc1s4)c3n2. The highest BCUT2D eigenvalue weighted by atomic mass is 32.1. The van der Waals surface area contributed by atoms with Crippen molar-refractivity contribution < 1.29 is 0 Å². The summed E-state index contributed by atoms with van der Waals surface area (Å²) in [6.45, 7) is 0. The Morgan fingerprint density at radius 3 is 2.84 bits per heavy atom. The molecule has 0 saturated heterocycles. The van der Waals surface area contributed by atoms with Gasteiger partial charge in [0.2, 0.25) is 0 Å². The Morgan fingerprint density at radius 2 is 1.87 bits per heavy atom. The van der Waals surface area contributed by atoms with Crippen LogP contribution in [0, 0.1) is 0 Å². The number of aryl methyl sites for hydroxylation is 1. The molecular weight excluding hydrogens is 408 g/mol. The van der Waals surface area contributed by atoms with Gasteiger partial charge in [0.1, 0.15) is 16.7 Å². The van der Waals surface area contributed by atoms with Gasteiger partial charge in [-0.2, -0.15) is 0 Å². The quantitative estimate of drug-likeness (QED) is 0.368. The first-order chi connectivity index (χ1) is 15.2. The van der Waals surface area contributed by atoms with Crippen LogP contribution in [0.1, 0.15) is 0 Å². The summed E-state index contributed by atoms with van der Waals surface area (Å²) in [4.78, 5) is 24.5. The first kappa shape index (κ1) is 16.7. The summed E-state index contributed by atoms with van der Waals surface area (Å²) in [6, 6.07) is 10.2. The number of thiophene rings is 1. The van der Waals surface area contributed by atoms with E-state index in [2.05, 4.69) is 47.9 Å². The molecule has 0 atom stereocenters. The van der Waals surface area contributed by atoms with Gasteiger partial charge in [-0.15, -0.1) is 11.3 Å². The Hall–Kier alpha value is -4.11. The maximum absolute atomic E-state index is 4.87. The molecule has 0 aromatic carbocycles. The Morgan fingerprint density at radius 1 is 0.903 bits per heavy atom. The summed E-state index contributed by atoms with van der Waals surface area (Å²) in [6.07, 6.45) is 7.31. The number of aromatic nitrogens is 8. The first-order valence-corrected chi connectivity index (χ1v) is 10.5. The molecule has 2 aliphatic heterocycles. The van der Waals surface area contributed by atoms with Crippen molar-refractivity contribution in [2.45, 2.75) is 0 Å². The maximum atomic E-state index is 4.87. The highest BCUT2D eigenvalue weighted by Gasteiger charge is 2.15. The van der Waals surface area contributed by atoms with E-state index in [1.807, 2.05) is 37.8 Å². The zero-order valence-electron chi connectivity index (χ0n) is 16.3. The molecule has 2 aliphatic rings. The lowest BCUT2D eigenvalue weighted by atomic mass is 10.1. The molecule has 5 aromatic rings. The molecule has 0 spiro atoms. The number of nitrogens with one attached hydrogen (secondary N) is 2. The Bertz CT molecular complexity index is 1820. The van der Waals surface area contributed by atoms with Gasteiger partial charge in [-0.05, 0) is 30.3 Å². The van der Waals surface area contributed by atoms with Gasteiger partial charge in [0.15, 0.2) is 5.65 Å². The molecule has 7 heterocycles. The van der Waals surface area contributed by atoms with E-state index in [0.29, 0.717) is 5.65 Å². The van der Waals surface area contributed by atoms with Crippen molar-refractivity contribution in [3.8, 4) is 11.3 Å². The van der Waals surface area contributed by atoms with Crippen LogP contribution in [-0.2, 0) is 7.05 Å². The van der Waals surface area contributed by atoms with Crippen molar-refractivity contribution in [3.63, 3.8) is 0 Å². The summed E-state index contributed by atoms with van der Waals surface area (Å²) >= 11 is 1.66. The molecule has 0 unspecified atom stereocenters. The summed E-state index contributed by atoms with van der Waals surface area (Å²) in [5.74, 6) is 0. The largest absolute Gasteiger partial charge is 0.335 e. The molecule has 0 aliphatic carbocycles. The Kier molecular flexibility index (Phi) is 3.20. The third-order valence-electron chi connectivity index (χ3n) is 5.63. The number of H-pyrrole nitrogens is 2. The van der Waals surface area contributed by atoms with Crippen molar-refractivity contribution >= 4 is 65.0 Å². The molecule has 31 heavy (non-hydrogen) atoms. The van der Waals surface area contributed by atoms with E-state index in [0.717, 1.165) is 59.3 Å². The lowest BCUT2D eigenvalue weighted by Gasteiger charge is -2.01. The van der Waals surface area contributed by atoms with Crippen LogP contribution in [0.5, 0.6) is 0 Å². The van der Waals surface area contributed by atoms with Crippen LogP contribution in [0.2, 0.25) is 0 Å². The molecule has 0 fully saturated rings. The van der Waals surface area contributed by atoms with E-state index in [-0.39, 0.29) is 0 Å². The minimum absolute atomic E-state index is 0.628. The minimum atomic E-state index is 0.628. The molecule has 0 radical (unpaired) electrons. The highest BCUT2D eigenvalue weighted by Crippen LogP contribution is 2.31. The standard InChI is InChI=1S/C22H14N8S/c1-30-12-6-11(8-23-9-12)15-7-13-16(10-25-15)28-29-19(13)22-26-14-4-5-24-21(20(14)27-22)17-2-3-18(30)31-17/h2-10,28-29H,1H3. The van der Waals surface area contributed by atoms with Gasteiger partial charge in [-0.25, -0.2) is 9.97 Å². The summed E-state index contributed by atoms with van der Waals surface area (Å²) in [7, 11) is 2.04. The molecule has 5 aromatic heterocycles. The van der Waals surface area contributed by atoms with Gasteiger partial charge in [0.05, 0.1) is 44.0 Å². The third-order valence-corrected chi connectivity index (χ3v) is 6.80. The van der Waals surface area contributed by atoms with Crippen molar-refractivity contribution in [2.75, 3.05) is 0 Å². The van der Waals surface area contributed by atoms with Crippen LogP contribution in [-0.4, -0.2) is 39.7 Å². The molecule has 0 saturated carbocycles. The van der Waals surface area contributed by atoms with Crippen LogP contribution < -0.4 is 0 Å². The van der Waals surface area contributed by atoms with Gasteiger partial charge in [0.25, 0.3) is 0 Å². The van der Waals surface area contributed by atoms with Crippen molar-refractivity contribution in [2.24, 2.45) is 7.05 Å². The molecule has 9 heteroatoms. The minimum Gasteiger partial charge on any atom is -0.335 e. The van der Waals surface area contributed by atoms with E-state index in [9.17, 15) is 0 Å². The van der Waals surface area contributed by atoms with E-state index in [1.54, 1.807) is 17.5 Å². The zero-order chi connectivity index (χ0) is 20.5. The molecule has 8 bridgehead atoms.